The van der Waals surface area contributed by atoms with E-state index in [4.69, 9.17) is 0 Å². The summed E-state index contributed by atoms with van der Waals surface area (Å²) in [4.78, 5) is 29.3. The first-order valence-electron chi connectivity index (χ1n) is 10.6. The average molecular weight is 424 g/mol. The summed E-state index contributed by atoms with van der Waals surface area (Å²) in [5.41, 5.74) is 3.00. The monoisotopic (exact) mass is 423 g/mol. The van der Waals surface area contributed by atoms with Crippen LogP contribution < -0.4 is 5.32 Å². The van der Waals surface area contributed by atoms with E-state index in [0.717, 1.165) is 37.9 Å². The predicted octanol–water partition coefficient (Wildman–Crippen LogP) is 3.33. The molecule has 2 saturated heterocycles. The van der Waals surface area contributed by atoms with Gasteiger partial charge in [-0.05, 0) is 62.7 Å². The van der Waals surface area contributed by atoms with Gasteiger partial charge in [0.15, 0.2) is 0 Å². The molecule has 0 saturated carbocycles. The summed E-state index contributed by atoms with van der Waals surface area (Å²) < 4.78 is 0. The van der Waals surface area contributed by atoms with Crippen LogP contribution in [0.2, 0.25) is 0 Å². The van der Waals surface area contributed by atoms with Gasteiger partial charge in [-0.1, -0.05) is 42.5 Å². The molecule has 5 nitrogen and oxygen atoms in total. The minimum absolute atomic E-state index is 0.00723. The van der Waals surface area contributed by atoms with Crippen molar-refractivity contribution in [1.82, 2.24) is 15.1 Å². The van der Waals surface area contributed by atoms with Crippen LogP contribution in [0.1, 0.15) is 39.7 Å². The minimum Gasteiger partial charge on any atom is -0.349 e. The Morgan fingerprint density at radius 3 is 2.47 bits per heavy atom. The van der Waals surface area contributed by atoms with Crippen molar-refractivity contribution in [3.63, 3.8) is 0 Å². The zero-order chi connectivity index (χ0) is 20.9. The van der Waals surface area contributed by atoms with Gasteiger partial charge in [-0.2, -0.15) is 0 Å². The van der Waals surface area contributed by atoms with Crippen LogP contribution in [0.15, 0.2) is 54.6 Å². The van der Waals surface area contributed by atoms with Crippen LogP contribution in [-0.2, 0) is 11.2 Å². The molecule has 2 amide bonds. The molecule has 0 unspecified atom stereocenters. The van der Waals surface area contributed by atoms with E-state index in [1.807, 2.05) is 47.4 Å². The Hall–Kier alpha value is -2.31. The second-order valence-electron chi connectivity index (χ2n) is 8.16. The van der Waals surface area contributed by atoms with Crippen molar-refractivity contribution < 1.29 is 9.59 Å². The number of likely N-dealkylation sites (tertiary alicyclic amines) is 1. The highest BCUT2D eigenvalue weighted by atomic mass is 32.2. The van der Waals surface area contributed by atoms with Gasteiger partial charge in [-0.15, -0.1) is 11.8 Å². The van der Waals surface area contributed by atoms with Crippen LogP contribution in [0.4, 0.5) is 0 Å². The quantitative estimate of drug-likeness (QED) is 0.774. The Balaban J connectivity index is 1.37. The summed E-state index contributed by atoms with van der Waals surface area (Å²) >= 11 is 1.66. The van der Waals surface area contributed by atoms with Crippen LogP contribution in [0.25, 0.3) is 0 Å². The summed E-state index contributed by atoms with van der Waals surface area (Å²) in [6.45, 7) is 2.75. The molecule has 4 rings (SSSR count). The second kappa shape index (κ2) is 9.67. The lowest BCUT2D eigenvalue weighted by Gasteiger charge is -2.29. The zero-order valence-corrected chi connectivity index (χ0v) is 18.2. The van der Waals surface area contributed by atoms with E-state index in [0.29, 0.717) is 17.9 Å². The molecule has 0 bridgehead atoms. The van der Waals surface area contributed by atoms with Crippen molar-refractivity contribution in [2.24, 2.45) is 0 Å². The normalized spacial score (nSPS) is 20.5. The Labute approximate surface area is 182 Å². The van der Waals surface area contributed by atoms with E-state index in [2.05, 4.69) is 29.4 Å². The largest absolute Gasteiger partial charge is 0.349 e. The molecule has 2 aliphatic heterocycles. The molecule has 0 radical (unpaired) electrons. The van der Waals surface area contributed by atoms with Gasteiger partial charge in [0.05, 0.1) is 5.75 Å². The zero-order valence-electron chi connectivity index (χ0n) is 17.4. The third-order valence-electron chi connectivity index (χ3n) is 5.96. The molecule has 2 heterocycles. The van der Waals surface area contributed by atoms with E-state index in [1.165, 1.54) is 5.56 Å². The van der Waals surface area contributed by atoms with Gasteiger partial charge in [0.2, 0.25) is 5.91 Å². The lowest BCUT2D eigenvalue weighted by molar-refractivity contribution is -0.128. The molecule has 2 aromatic rings. The fourth-order valence-electron chi connectivity index (χ4n) is 4.09. The fourth-order valence-corrected chi connectivity index (χ4v) is 5.31. The topological polar surface area (TPSA) is 52.7 Å². The van der Waals surface area contributed by atoms with Gasteiger partial charge in [0.1, 0.15) is 5.37 Å². The number of hydrogen-bond donors (Lipinski definition) is 1. The number of benzene rings is 2. The number of carbonyl (C=O) groups excluding carboxylic acids is 2. The molecule has 30 heavy (non-hydrogen) atoms. The summed E-state index contributed by atoms with van der Waals surface area (Å²) in [6.07, 6.45) is 2.84. The lowest BCUT2D eigenvalue weighted by atomic mass is 10.0. The molecule has 1 N–H and O–H groups in total. The molecule has 0 spiro atoms. The molecular weight excluding hydrogens is 394 g/mol. The van der Waals surface area contributed by atoms with Crippen molar-refractivity contribution in [1.29, 1.82) is 0 Å². The van der Waals surface area contributed by atoms with Crippen LogP contribution in [0, 0.1) is 0 Å². The van der Waals surface area contributed by atoms with Crippen LogP contribution in [0.5, 0.6) is 0 Å². The molecule has 2 aromatic carbocycles. The van der Waals surface area contributed by atoms with Gasteiger partial charge >= 0.3 is 0 Å². The van der Waals surface area contributed by atoms with Gasteiger partial charge in [0.25, 0.3) is 5.91 Å². The summed E-state index contributed by atoms with van der Waals surface area (Å²) in [5.74, 6) is 0.690. The standard InChI is InChI=1S/C24H29N3O2S/c1-26-14-12-21(13-15-26)25-23(29)19-7-9-20(10-8-19)24-27(22(28)17-30-24)16-11-18-5-3-2-4-6-18/h2-10,21,24H,11-17H2,1H3,(H,25,29)/t24-/m0/s1. The van der Waals surface area contributed by atoms with Gasteiger partial charge < -0.3 is 15.1 Å². The Bertz CT molecular complexity index is 864. The maximum absolute atomic E-state index is 12.6. The van der Waals surface area contributed by atoms with Gasteiger partial charge in [-0.25, -0.2) is 0 Å². The number of amides is 2. The number of thioether (sulfide) groups is 1. The molecule has 0 aliphatic carbocycles. The average Bonchev–Trinajstić information content (AvgIpc) is 3.15. The Morgan fingerprint density at radius 2 is 1.77 bits per heavy atom. The minimum atomic E-state index is -0.00723. The van der Waals surface area contributed by atoms with Crippen molar-refractivity contribution in [3.05, 3.63) is 71.3 Å². The molecule has 1 atom stereocenters. The number of nitrogens with one attached hydrogen (secondary N) is 1. The molecule has 158 valence electrons. The van der Waals surface area contributed by atoms with Gasteiger partial charge in [0, 0.05) is 18.2 Å². The number of nitrogens with zero attached hydrogens (tertiary/aromatic N) is 2. The molecule has 2 aliphatic rings. The highest BCUT2D eigenvalue weighted by Gasteiger charge is 2.32. The summed E-state index contributed by atoms with van der Waals surface area (Å²) in [5, 5.41) is 3.18. The maximum atomic E-state index is 12.6. The molecule has 6 heteroatoms. The number of piperidine rings is 1. The Kier molecular flexibility index (Phi) is 6.75. The van der Waals surface area contributed by atoms with Crippen molar-refractivity contribution >= 4 is 23.6 Å². The SMILES string of the molecule is CN1CCC(NC(=O)c2ccc([C@@H]3SCC(=O)N3CCc3ccccc3)cc2)CC1. The predicted molar refractivity (Wildman–Crippen MR) is 121 cm³/mol. The molecule has 2 fully saturated rings. The maximum Gasteiger partial charge on any atom is 0.251 e. The highest BCUT2D eigenvalue weighted by Crippen LogP contribution is 2.38. The van der Waals surface area contributed by atoms with Crippen molar-refractivity contribution in [3.8, 4) is 0 Å². The van der Waals surface area contributed by atoms with Gasteiger partial charge in [-0.3, -0.25) is 9.59 Å². The van der Waals surface area contributed by atoms with E-state index in [-0.39, 0.29) is 23.2 Å². The number of hydrogen-bond acceptors (Lipinski definition) is 4. The number of rotatable bonds is 6. The first-order valence-corrected chi connectivity index (χ1v) is 11.7. The van der Waals surface area contributed by atoms with Crippen LogP contribution in [-0.4, -0.2) is 60.1 Å². The van der Waals surface area contributed by atoms with E-state index in [9.17, 15) is 9.59 Å². The number of carbonyl (C=O) groups is 2. The van der Waals surface area contributed by atoms with Crippen molar-refractivity contribution in [2.75, 3.05) is 32.4 Å². The molecular formula is C24H29N3O2S. The lowest BCUT2D eigenvalue weighted by Crippen LogP contribution is -2.43. The fraction of sp³-hybridized carbons (Fsp3) is 0.417. The van der Waals surface area contributed by atoms with Crippen LogP contribution in [0.3, 0.4) is 0 Å². The third kappa shape index (κ3) is 5.05. The van der Waals surface area contributed by atoms with E-state index in [1.54, 1.807) is 11.8 Å². The van der Waals surface area contributed by atoms with E-state index >= 15 is 0 Å². The smallest absolute Gasteiger partial charge is 0.251 e. The van der Waals surface area contributed by atoms with Crippen molar-refractivity contribution in [2.45, 2.75) is 30.7 Å². The first kappa shape index (κ1) is 20.9. The first-order chi connectivity index (χ1) is 14.6. The molecule has 0 aromatic heterocycles. The highest BCUT2D eigenvalue weighted by molar-refractivity contribution is 8.00. The third-order valence-corrected chi connectivity index (χ3v) is 7.22. The summed E-state index contributed by atoms with van der Waals surface area (Å²) in [7, 11) is 2.12. The second-order valence-corrected chi connectivity index (χ2v) is 9.23. The summed E-state index contributed by atoms with van der Waals surface area (Å²) in [6, 6.07) is 18.3. The van der Waals surface area contributed by atoms with E-state index < -0.39 is 0 Å². The Morgan fingerprint density at radius 1 is 1.07 bits per heavy atom. The van der Waals surface area contributed by atoms with Crippen LogP contribution >= 0.6 is 11.8 Å².